The number of aromatic nitrogens is 2. The van der Waals surface area contributed by atoms with Gasteiger partial charge in [0.05, 0.1) is 28.7 Å². The number of carbonyl (C=O) groups is 1. The summed E-state index contributed by atoms with van der Waals surface area (Å²) in [7, 11) is 1.55. The molecular weight excluding hydrogens is 477 g/mol. The lowest BCUT2D eigenvalue weighted by Crippen LogP contribution is -2.19. The number of halogens is 2. The number of amides is 2. The fourth-order valence-corrected chi connectivity index (χ4v) is 3.83. The van der Waals surface area contributed by atoms with E-state index in [0.29, 0.717) is 69.3 Å². The van der Waals surface area contributed by atoms with E-state index in [2.05, 4.69) is 25.9 Å². The van der Waals surface area contributed by atoms with Gasteiger partial charge in [-0.1, -0.05) is 11.6 Å². The van der Waals surface area contributed by atoms with Gasteiger partial charge in [-0.15, -0.1) is 0 Å². The molecule has 0 spiro atoms. The number of hydrogen-bond acceptors (Lipinski definition) is 7. The Hall–Kier alpha value is -4.31. The first-order chi connectivity index (χ1) is 17.0. The van der Waals surface area contributed by atoms with Crippen molar-refractivity contribution in [3.63, 3.8) is 0 Å². The van der Waals surface area contributed by atoms with E-state index in [0.717, 1.165) is 0 Å². The van der Waals surface area contributed by atoms with E-state index in [1.54, 1.807) is 31.4 Å². The lowest BCUT2D eigenvalue weighted by Gasteiger charge is -2.23. The van der Waals surface area contributed by atoms with Gasteiger partial charge in [-0.25, -0.2) is 19.2 Å². The topological polar surface area (TPSA) is 107 Å². The summed E-state index contributed by atoms with van der Waals surface area (Å²) in [5.41, 5.74) is 2.08. The molecule has 0 atom stereocenters. The van der Waals surface area contributed by atoms with Gasteiger partial charge >= 0.3 is 6.03 Å². The average Bonchev–Trinajstić information content (AvgIpc) is 2.86. The number of benzene rings is 3. The van der Waals surface area contributed by atoms with Crippen molar-refractivity contribution in [1.29, 1.82) is 0 Å². The first-order valence-corrected chi connectivity index (χ1v) is 10.9. The zero-order valence-electron chi connectivity index (χ0n) is 18.4. The first-order valence-electron chi connectivity index (χ1n) is 10.5. The number of fused-ring (bicyclic) bond motifs is 3. The molecule has 2 amide bonds. The number of nitrogens with zero attached hydrogens (tertiary/aromatic N) is 2. The van der Waals surface area contributed by atoms with Crippen LogP contribution < -0.4 is 30.2 Å². The number of methoxy groups -OCH3 is 1. The lowest BCUT2D eigenvalue weighted by atomic mass is 10.1. The molecule has 0 bridgehead atoms. The normalized spacial score (nSPS) is 12.2. The Morgan fingerprint density at radius 2 is 1.74 bits per heavy atom. The second-order valence-corrected chi connectivity index (χ2v) is 7.86. The van der Waals surface area contributed by atoms with Gasteiger partial charge in [-0.05, 0) is 42.5 Å². The highest BCUT2D eigenvalue weighted by Crippen LogP contribution is 2.47. The molecule has 11 heteroatoms. The molecule has 0 unspecified atom stereocenters. The van der Waals surface area contributed by atoms with E-state index in [4.69, 9.17) is 25.8 Å². The summed E-state index contributed by atoms with van der Waals surface area (Å²) in [6, 6.07) is 11.7. The molecule has 9 nitrogen and oxygen atoms in total. The number of urea groups is 1. The smallest absolute Gasteiger partial charge is 0.323 e. The van der Waals surface area contributed by atoms with E-state index in [9.17, 15) is 9.18 Å². The fraction of sp³-hybridized carbons (Fsp3) is 0.125. The third-order valence-electron chi connectivity index (χ3n) is 5.18. The minimum absolute atomic E-state index is 0.297. The van der Waals surface area contributed by atoms with Crippen LogP contribution in [0.15, 0.2) is 54.9 Å². The Kier molecular flexibility index (Phi) is 6.11. The van der Waals surface area contributed by atoms with Crippen LogP contribution in [0.3, 0.4) is 0 Å². The maximum Gasteiger partial charge on any atom is 0.323 e. The van der Waals surface area contributed by atoms with E-state index in [1.165, 1.54) is 30.6 Å². The van der Waals surface area contributed by atoms with Gasteiger partial charge in [-0.3, -0.25) is 0 Å². The van der Waals surface area contributed by atoms with Gasteiger partial charge in [-0.2, -0.15) is 0 Å². The highest BCUT2D eigenvalue weighted by atomic mass is 35.5. The number of ether oxygens (including phenoxy) is 3. The molecule has 2 heterocycles. The van der Waals surface area contributed by atoms with Crippen LogP contribution in [0.2, 0.25) is 5.02 Å². The van der Waals surface area contributed by atoms with Crippen molar-refractivity contribution in [3.8, 4) is 17.2 Å². The maximum absolute atomic E-state index is 13.0. The highest BCUT2D eigenvalue weighted by Gasteiger charge is 2.24. The van der Waals surface area contributed by atoms with Crippen molar-refractivity contribution in [2.45, 2.75) is 0 Å². The van der Waals surface area contributed by atoms with Crippen molar-refractivity contribution < 1.29 is 23.4 Å². The summed E-state index contributed by atoms with van der Waals surface area (Å²) >= 11 is 6.41. The van der Waals surface area contributed by atoms with Crippen LogP contribution in [0, 0.1) is 5.82 Å². The quantitative estimate of drug-likeness (QED) is 0.331. The zero-order valence-corrected chi connectivity index (χ0v) is 19.1. The second-order valence-electron chi connectivity index (χ2n) is 7.46. The van der Waals surface area contributed by atoms with Gasteiger partial charge in [0.15, 0.2) is 11.5 Å². The molecule has 3 aromatic carbocycles. The molecule has 0 saturated heterocycles. The fourth-order valence-electron chi connectivity index (χ4n) is 3.60. The second kappa shape index (κ2) is 9.51. The molecule has 178 valence electrons. The summed E-state index contributed by atoms with van der Waals surface area (Å²) in [4.78, 5) is 21.0. The van der Waals surface area contributed by atoms with E-state index in [1.807, 2.05) is 0 Å². The van der Waals surface area contributed by atoms with Crippen molar-refractivity contribution in [3.05, 3.63) is 65.7 Å². The lowest BCUT2D eigenvalue weighted by molar-refractivity contribution is 0.167. The molecule has 0 radical (unpaired) electrons. The molecule has 4 aromatic rings. The zero-order chi connectivity index (χ0) is 24.4. The Morgan fingerprint density at radius 3 is 2.49 bits per heavy atom. The molecule has 35 heavy (non-hydrogen) atoms. The van der Waals surface area contributed by atoms with Crippen molar-refractivity contribution in [2.75, 3.05) is 36.3 Å². The summed E-state index contributed by atoms with van der Waals surface area (Å²) in [6.07, 6.45) is 1.43. The van der Waals surface area contributed by atoms with Crippen LogP contribution in [0.4, 0.5) is 32.1 Å². The molecule has 0 aliphatic carbocycles. The molecule has 3 N–H and O–H groups in total. The Bertz CT molecular complexity index is 1420. The minimum atomic E-state index is -0.515. The van der Waals surface area contributed by atoms with E-state index < -0.39 is 11.8 Å². The van der Waals surface area contributed by atoms with Gasteiger partial charge in [0.2, 0.25) is 5.75 Å². The van der Waals surface area contributed by atoms with Gasteiger partial charge in [0, 0.05) is 17.4 Å². The largest absolute Gasteiger partial charge is 0.493 e. The third kappa shape index (κ3) is 4.69. The molecule has 5 rings (SSSR count). The SMILES string of the molecule is COc1cc2ncnc(Nc3ccc(NC(=O)Nc4ccc(F)cc4)c(Cl)c3)c2c2c1OCCO2. The molecule has 1 aliphatic rings. The predicted octanol–water partition coefficient (Wildman–Crippen LogP) is 5.59. The van der Waals surface area contributed by atoms with Crippen molar-refractivity contribution in [2.24, 2.45) is 0 Å². The van der Waals surface area contributed by atoms with Crippen LogP contribution in [0.5, 0.6) is 17.2 Å². The number of nitrogens with one attached hydrogen (secondary N) is 3. The number of hydrogen-bond donors (Lipinski definition) is 3. The first kappa shape index (κ1) is 22.5. The monoisotopic (exact) mass is 495 g/mol. The number of anilines is 4. The number of rotatable bonds is 5. The maximum atomic E-state index is 13.0. The van der Waals surface area contributed by atoms with Crippen LogP contribution in [0.25, 0.3) is 10.9 Å². The Balaban J connectivity index is 1.38. The summed E-state index contributed by atoms with van der Waals surface area (Å²) in [5, 5.41) is 9.44. The van der Waals surface area contributed by atoms with Crippen LogP contribution in [-0.2, 0) is 0 Å². The minimum Gasteiger partial charge on any atom is -0.493 e. The van der Waals surface area contributed by atoms with Crippen molar-refractivity contribution >= 4 is 51.4 Å². The van der Waals surface area contributed by atoms with Gasteiger partial charge in [0.1, 0.15) is 31.2 Å². The Morgan fingerprint density at radius 1 is 1.00 bits per heavy atom. The van der Waals surface area contributed by atoms with Gasteiger partial charge in [0.25, 0.3) is 0 Å². The summed E-state index contributed by atoms with van der Waals surface area (Å²) in [6.45, 7) is 0.792. The van der Waals surface area contributed by atoms with Crippen LogP contribution in [0.1, 0.15) is 0 Å². The predicted molar refractivity (Wildman–Crippen MR) is 131 cm³/mol. The van der Waals surface area contributed by atoms with E-state index in [-0.39, 0.29) is 0 Å². The molecule has 0 fully saturated rings. The molecule has 1 aliphatic heterocycles. The third-order valence-corrected chi connectivity index (χ3v) is 5.49. The molecular formula is C24H19ClFN5O4. The highest BCUT2D eigenvalue weighted by molar-refractivity contribution is 6.34. The van der Waals surface area contributed by atoms with Gasteiger partial charge < -0.3 is 30.2 Å². The Labute approximate surface area is 204 Å². The van der Waals surface area contributed by atoms with Crippen molar-refractivity contribution in [1.82, 2.24) is 9.97 Å². The van der Waals surface area contributed by atoms with Crippen LogP contribution in [-0.4, -0.2) is 36.3 Å². The standard InChI is InChI=1S/C24H19ClFN5O4/c1-33-19-11-18-20(22-21(19)34-8-9-35-22)23(28-12-27-18)29-15-6-7-17(16(25)10-15)31-24(32)30-14-4-2-13(26)3-5-14/h2-7,10-12H,8-9H2,1H3,(H,27,28,29)(H2,30,31,32). The molecule has 1 aromatic heterocycles. The summed E-state index contributed by atoms with van der Waals surface area (Å²) < 4.78 is 30.1. The van der Waals surface area contributed by atoms with Crippen LogP contribution >= 0.6 is 11.6 Å². The summed E-state index contributed by atoms with van der Waals surface area (Å²) in [5.74, 6) is 1.61. The average molecular weight is 496 g/mol. The van der Waals surface area contributed by atoms with E-state index >= 15 is 0 Å². The number of carbonyl (C=O) groups excluding carboxylic acids is 1. The molecule has 0 saturated carbocycles.